The fourth-order valence-corrected chi connectivity index (χ4v) is 4.33. The van der Waals surface area contributed by atoms with Crippen LogP contribution < -0.4 is 16.2 Å². The van der Waals surface area contributed by atoms with Gasteiger partial charge >= 0.3 is 0 Å². The Bertz CT molecular complexity index is 1710. The summed E-state index contributed by atoms with van der Waals surface area (Å²) in [6.07, 6.45) is 4.43. The molecule has 0 bridgehead atoms. The molecule has 3 N–H and O–H groups in total. The van der Waals surface area contributed by atoms with Crippen LogP contribution in [0, 0.1) is 11.3 Å². The largest absolute Gasteiger partial charge is 0.506 e. The van der Waals surface area contributed by atoms with Crippen molar-refractivity contribution in [1.29, 1.82) is 5.26 Å². The minimum atomic E-state index is -0.407. The summed E-state index contributed by atoms with van der Waals surface area (Å²) in [5.74, 6) is 0.754. The van der Waals surface area contributed by atoms with Gasteiger partial charge < -0.3 is 15.7 Å². The zero-order chi connectivity index (χ0) is 25.9. The second-order valence-electron chi connectivity index (χ2n) is 8.43. The van der Waals surface area contributed by atoms with E-state index >= 15 is 0 Å². The number of para-hydroxylation sites is 1. The first-order chi connectivity index (χ1) is 18.0. The first-order valence-electron chi connectivity index (χ1n) is 11.6. The van der Waals surface area contributed by atoms with Crippen molar-refractivity contribution in [3.05, 3.63) is 101 Å². The average Bonchev–Trinajstić information content (AvgIpc) is 2.93. The monoisotopic (exact) mass is 489 g/mol. The highest BCUT2D eigenvalue weighted by Crippen LogP contribution is 2.31. The number of hydrogen-bond acceptors (Lipinski definition) is 8. The first kappa shape index (κ1) is 23.5. The predicted octanol–water partition coefficient (Wildman–Crippen LogP) is 4.63. The number of nitrogens with one attached hydrogen (secondary N) is 2. The van der Waals surface area contributed by atoms with Gasteiger partial charge in [0.2, 0.25) is 5.95 Å². The zero-order valence-electron chi connectivity index (χ0n) is 20.2. The number of pyridine rings is 2. The standard InChI is InChI=1S/C28H23N7O2/c1-17(33-26-20(13-29)15-32-28(30-2)34-26)24-12-18-7-6-10-23(19-11-22(36)16-31-14-19)25(18)27(37)35(24)21-8-4-3-5-9-21/h3-12,14-17,36H,1-2H3,(H2,30,32,33,34)/t17-/m0/s1. The molecule has 0 unspecified atom stereocenters. The van der Waals surface area contributed by atoms with Crippen molar-refractivity contribution in [1.82, 2.24) is 19.5 Å². The topological polar surface area (TPSA) is 129 Å². The van der Waals surface area contributed by atoms with Crippen LogP contribution in [0.1, 0.15) is 24.2 Å². The van der Waals surface area contributed by atoms with Crippen molar-refractivity contribution >= 4 is 22.5 Å². The molecule has 0 aliphatic carbocycles. The maximum atomic E-state index is 14.2. The van der Waals surface area contributed by atoms with Crippen molar-refractivity contribution in [3.8, 4) is 28.6 Å². The summed E-state index contributed by atoms with van der Waals surface area (Å²) in [5, 5.41) is 27.0. The summed E-state index contributed by atoms with van der Waals surface area (Å²) in [4.78, 5) is 26.8. The Balaban J connectivity index is 1.74. The van der Waals surface area contributed by atoms with Gasteiger partial charge in [0, 0.05) is 30.2 Å². The molecule has 0 saturated heterocycles. The Morgan fingerprint density at radius 1 is 1.05 bits per heavy atom. The van der Waals surface area contributed by atoms with E-state index in [4.69, 9.17) is 0 Å². The Morgan fingerprint density at radius 2 is 1.86 bits per heavy atom. The number of benzene rings is 2. The van der Waals surface area contributed by atoms with Crippen LogP contribution in [0.3, 0.4) is 0 Å². The lowest BCUT2D eigenvalue weighted by molar-refractivity contribution is 0.473. The van der Waals surface area contributed by atoms with Crippen LogP contribution in [0.5, 0.6) is 5.75 Å². The van der Waals surface area contributed by atoms with Crippen molar-refractivity contribution in [2.75, 3.05) is 17.7 Å². The lowest BCUT2D eigenvalue weighted by atomic mass is 9.98. The van der Waals surface area contributed by atoms with Gasteiger partial charge in [-0.25, -0.2) is 4.98 Å². The molecule has 5 rings (SSSR count). The molecular formula is C28H23N7O2. The van der Waals surface area contributed by atoms with Crippen LogP contribution in [0.15, 0.2) is 84.0 Å². The van der Waals surface area contributed by atoms with E-state index in [1.54, 1.807) is 23.9 Å². The summed E-state index contributed by atoms with van der Waals surface area (Å²) < 4.78 is 1.66. The van der Waals surface area contributed by atoms with E-state index in [2.05, 4.69) is 31.7 Å². The van der Waals surface area contributed by atoms with E-state index in [0.29, 0.717) is 45.2 Å². The van der Waals surface area contributed by atoms with Crippen molar-refractivity contribution in [3.63, 3.8) is 0 Å². The summed E-state index contributed by atoms with van der Waals surface area (Å²) in [7, 11) is 1.70. The Morgan fingerprint density at radius 3 is 2.59 bits per heavy atom. The molecule has 0 aliphatic heterocycles. The van der Waals surface area contributed by atoms with Gasteiger partial charge in [-0.3, -0.25) is 14.3 Å². The molecule has 0 fully saturated rings. The number of nitriles is 1. The highest BCUT2D eigenvalue weighted by molar-refractivity contribution is 5.96. The SMILES string of the molecule is CNc1ncc(C#N)c(N[C@@H](C)c2cc3cccc(-c4cncc(O)c4)c3c(=O)n2-c2ccccc2)n1. The number of hydrogen-bond donors (Lipinski definition) is 3. The molecular weight excluding hydrogens is 466 g/mol. The van der Waals surface area contributed by atoms with Gasteiger partial charge in [-0.2, -0.15) is 10.2 Å². The molecule has 3 heterocycles. The third-order valence-electron chi connectivity index (χ3n) is 6.05. The second kappa shape index (κ2) is 9.79. The molecule has 37 heavy (non-hydrogen) atoms. The van der Waals surface area contributed by atoms with E-state index in [1.165, 1.54) is 12.4 Å². The Kier molecular flexibility index (Phi) is 6.22. The quantitative estimate of drug-likeness (QED) is 0.315. The van der Waals surface area contributed by atoms with Crippen LogP contribution >= 0.6 is 0 Å². The number of rotatable bonds is 6. The molecule has 0 aliphatic rings. The summed E-state index contributed by atoms with van der Waals surface area (Å²) in [5.41, 5.74) is 2.76. The molecule has 9 nitrogen and oxygen atoms in total. The normalized spacial score (nSPS) is 11.6. The lowest BCUT2D eigenvalue weighted by Gasteiger charge is -2.22. The van der Waals surface area contributed by atoms with Gasteiger partial charge in [0.15, 0.2) is 0 Å². The molecule has 9 heteroatoms. The van der Waals surface area contributed by atoms with Gasteiger partial charge in [0.25, 0.3) is 5.56 Å². The molecule has 182 valence electrons. The van der Waals surface area contributed by atoms with Crippen LogP contribution in [-0.2, 0) is 0 Å². The van der Waals surface area contributed by atoms with Gasteiger partial charge in [-0.15, -0.1) is 0 Å². The Labute approximate surface area is 212 Å². The third kappa shape index (κ3) is 4.44. The maximum Gasteiger partial charge on any atom is 0.263 e. The molecule has 1 atom stereocenters. The number of aromatic nitrogens is 4. The van der Waals surface area contributed by atoms with E-state index in [9.17, 15) is 15.2 Å². The van der Waals surface area contributed by atoms with Crippen molar-refractivity contribution in [2.45, 2.75) is 13.0 Å². The van der Waals surface area contributed by atoms with E-state index in [1.807, 2.05) is 61.5 Å². The summed E-state index contributed by atoms with van der Waals surface area (Å²) in [6.45, 7) is 1.91. The number of aromatic hydroxyl groups is 1. The fourth-order valence-electron chi connectivity index (χ4n) is 4.33. The minimum absolute atomic E-state index is 0.0198. The van der Waals surface area contributed by atoms with Gasteiger partial charge in [-0.1, -0.05) is 36.4 Å². The van der Waals surface area contributed by atoms with Crippen molar-refractivity contribution in [2.24, 2.45) is 0 Å². The highest BCUT2D eigenvalue weighted by atomic mass is 16.3. The molecule has 2 aromatic carbocycles. The van der Waals surface area contributed by atoms with Crippen LogP contribution in [0.4, 0.5) is 11.8 Å². The summed E-state index contributed by atoms with van der Waals surface area (Å²) >= 11 is 0. The maximum absolute atomic E-state index is 14.2. The van der Waals surface area contributed by atoms with Crippen LogP contribution in [-0.4, -0.2) is 31.7 Å². The van der Waals surface area contributed by atoms with Crippen molar-refractivity contribution < 1.29 is 5.11 Å². The summed E-state index contributed by atoms with van der Waals surface area (Å²) in [6, 6.07) is 20.2. The average molecular weight is 490 g/mol. The number of anilines is 2. The van der Waals surface area contributed by atoms with Crippen LogP contribution in [0.25, 0.3) is 27.6 Å². The number of fused-ring (bicyclic) bond motifs is 1. The Hall–Kier alpha value is -5.23. The fraction of sp³-hybridized carbons (Fsp3) is 0.107. The second-order valence-corrected chi connectivity index (χ2v) is 8.43. The van der Waals surface area contributed by atoms with Gasteiger partial charge in [-0.05, 0) is 42.1 Å². The predicted molar refractivity (Wildman–Crippen MR) is 143 cm³/mol. The first-order valence-corrected chi connectivity index (χ1v) is 11.6. The van der Waals surface area contributed by atoms with Gasteiger partial charge in [0.05, 0.1) is 23.8 Å². The zero-order valence-corrected chi connectivity index (χ0v) is 20.2. The minimum Gasteiger partial charge on any atom is -0.506 e. The van der Waals surface area contributed by atoms with E-state index in [-0.39, 0.29) is 11.3 Å². The molecule has 0 spiro atoms. The lowest BCUT2D eigenvalue weighted by Crippen LogP contribution is -2.26. The van der Waals surface area contributed by atoms with E-state index in [0.717, 1.165) is 5.39 Å². The number of nitrogens with zero attached hydrogens (tertiary/aromatic N) is 5. The third-order valence-corrected chi connectivity index (χ3v) is 6.05. The molecule has 3 aromatic heterocycles. The molecule has 5 aromatic rings. The van der Waals surface area contributed by atoms with Gasteiger partial charge in [0.1, 0.15) is 23.2 Å². The smallest absolute Gasteiger partial charge is 0.263 e. The molecule has 0 saturated carbocycles. The van der Waals surface area contributed by atoms with E-state index < -0.39 is 6.04 Å². The molecule has 0 amide bonds. The van der Waals surface area contributed by atoms with Crippen LogP contribution in [0.2, 0.25) is 0 Å². The highest BCUT2D eigenvalue weighted by Gasteiger charge is 2.20. The molecule has 0 radical (unpaired) electrons.